The molecule has 1 aromatic heterocycles. The Morgan fingerprint density at radius 3 is 2.36 bits per heavy atom. The summed E-state index contributed by atoms with van der Waals surface area (Å²) in [6.45, 7) is 6.10. The molecule has 1 unspecified atom stereocenters. The molecule has 10 heteroatoms. The molecular formula is C23H27N5O4S. The number of imidazole rings is 1. The standard InChI is InChI=1S/C23H27N5O4S/c1-6-27-19-12-11-17(33(31,32)26(4)5)13-18(19)24-20(27)14-28-21(29)23(3,25-22(28)30)16-9-7-15(2)8-10-16/h7-13H,6,14H2,1-5H3,(H,25,30). The summed E-state index contributed by atoms with van der Waals surface area (Å²) in [5.74, 6) is 0.144. The van der Waals surface area contributed by atoms with Gasteiger partial charge in [0.25, 0.3) is 5.91 Å². The van der Waals surface area contributed by atoms with Crippen molar-refractivity contribution in [3.8, 4) is 0 Å². The average molecular weight is 470 g/mol. The van der Waals surface area contributed by atoms with Crippen LogP contribution >= 0.6 is 0 Å². The van der Waals surface area contributed by atoms with Crippen LogP contribution in [0.3, 0.4) is 0 Å². The molecule has 3 amide bonds. The van der Waals surface area contributed by atoms with Crippen molar-refractivity contribution >= 4 is 33.0 Å². The fourth-order valence-corrected chi connectivity index (χ4v) is 4.99. The molecular weight excluding hydrogens is 442 g/mol. The summed E-state index contributed by atoms with van der Waals surface area (Å²) < 4.78 is 28.1. The summed E-state index contributed by atoms with van der Waals surface area (Å²) in [4.78, 5) is 32.0. The Hall–Kier alpha value is -3.24. The van der Waals surface area contributed by atoms with Gasteiger partial charge in [0.2, 0.25) is 10.0 Å². The number of carbonyl (C=O) groups is 2. The summed E-state index contributed by atoms with van der Waals surface area (Å²) >= 11 is 0. The molecule has 1 N–H and O–H groups in total. The molecule has 2 heterocycles. The summed E-state index contributed by atoms with van der Waals surface area (Å²) in [5.41, 5.74) is 1.82. The number of sulfonamides is 1. The molecule has 1 aliphatic rings. The molecule has 174 valence electrons. The van der Waals surface area contributed by atoms with Gasteiger partial charge in [-0.05, 0) is 44.5 Å². The van der Waals surface area contributed by atoms with E-state index in [0.29, 0.717) is 23.4 Å². The highest BCUT2D eigenvalue weighted by molar-refractivity contribution is 7.89. The van der Waals surface area contributed by atoms with Crippen LogP contribution in [0.5, 0.6) is 0 Å². The Labute approximate surface area is 193 Å². The highest BCUT2D eigenvalue weighted by Crippen LogP contribution is 2.31. The zero-order valence-electron chi connectivity index (χ0n) is 19.3. The third kappa shape index (κ3) is 3.68. The van der Waals surface area contributed by atoms with E-state index in [4.69, 9.17) is 0 Å². The van der Waals surface area contributed by atoms with Crippen molar-refractivity contribution in [3.05, 3.63) is 59.4 Å². The summed E-state index contributed by atoms with van der Waals surface area (Å²) in [6, 6.07) is 11.7. The highest BCUT2D eigenvalue weighted by atomic mass is 32.2. The molecule has 0 saturated carbocycles. The molecule has 1 saturated heterocycles. The minimum atomic E-state index is -3.61. The Balaban J connectivity index is 1.70. The number of nitrogens with one attached hydrogen (secondary N) is 1. The Morgan fingerprint density at radius 2 is 1.76 bits per heavy atom. The largest absolute Gasteiger partial charge is 0.327 e. The minimum absolute atomic E-state index is 0.0234. The predicted octanol–water partition coefficient (Wildman–Crippen LogP) is 2.58. The Bertz CT molecular complexity index is 1360. The lowest BCUT2D eigenvalue weighted by atomic mass is 9.91. The first-order chi connectivity index (χ1) is 15.5. The van der Waals surface area contributed by atoms with Crippen molar-refractivity contribution < 1.29 is 18.0 Å². The first-order valence-corrected chi connectivity index (χ1v) is 12.1. The van der Waals surface area contributed by atoms with Crippen molar-refractivity contribution in [2.75, 3.05) is 14.1 Å². The first kappa shape index (κ1) is 22.9. The van der Waals surface area contributed by atoms with Crippen LogP contribution in [0.25, 0.3) is 11.0 Å². The van der Waals surface area contributed by atoms with Crippen LogP contribution in [0.1, 0.15) is 30.8 Å². The van der Waals surface area contributed by atoms with E-state index in [1.807, 2.05) is 42.7 Å². The zero-order valence-corrected chi connectivity index (χ0v) is 20.1. The van der Waals surface area contributed by atoms with Gasteiger partial charge >= 0.3 is 6.03 Å². The van der Waals surface area contributed by atoms with E-state index in [-0.39, 0.29) is 17.3 Å². The fraction of sp³-hybridized carbons (Fsp3) is 0.348. The summed E-state index contributed by atoms with van der Waals surface area (Å²) in [5, 5.41) is 2.81. The monoisotopic (exact) mass is 469 g/mol. The van der Waals surface area contributed by atoms with E-state index in [1.54, 1.807) is 13.0 Å². The molecule has 0 spiro atoms. The third-order valence-electron chi connectivity index (χ3n) is 6.10. The molecule has 33 heavy (non-hydrogen) atoms. The molecule has 1 fully saturated rings. The van der Waals surface area contributed by atoms with Gasteiger partial charge in [0.15, 0.2) is 0 Å². The number of urea groups is 1. The number of nitrogens with zero attached hydrogens (tertiary/aromatic N) is 4. The molecule has 2 aromatic carbocycles. The predicted molar refractivity (Wildman–Crippen MR) is 124 cm³/mol. The van der Waals surface area contributed by atoms with E-state index < -0.39 is 21.6 Å². The minimum Gasteiger partial charge on any atom is -0.327 e. The zero-order chi connectivity index (χ0) is 24.1. The Morgan fingerprint density at radius 1 is 1.09 bits per heavy atom. The van der Waals surface area contributed by atoms with E-state index in [1.165, 1.54) is 26.2 Å². The quantitative estimate of drug-likeness (QED) is 0.559. The summed E-state index contributed by atoms with van der Waals surface area (Å²) in [6.07, 6.45) is 0. The van der Waals surface area contributed by atoms with Gasteiger partial charge < -0.3 is 9.88 Å². The number of imide groups is 1. The maximum absolute atomic E-state index is 13.3. The molecule has 1 aliphatic heterocycles. The van der Waals surface area contributed by atoms with E-state index in [0.717, 1.165) is 20.3 Å². The van der Waals surface area contributed by atoms with Crippen molar-refractivity contribution in [2.24, 2.45) is 0 Å². The lowest BCUT2D eigenvalue weighted by molar-refractivity contribution is -0.131. The molecule has 0 radical (unpaired) electrons. The van der Waals surface area contributed by atoms with Crippen molar-refractivity contribution in [2.45, 2.75) is 44.3 Å². The van der Waals surface area contributed by atoms with Gasteiger partial charge in [-0.2, -0.15) is 0 Å². The van der Waals surface area contributed by atoms with Crippen LogP contribution in [0.4, 0.5) is 4.79 Å². The Kier molecular flexibility index (Phi) is 5.53. The van der Waals surface area contributed by atoms with Crippen molar-refractivity contribution in [3.63, 3.8) is 0 Å². The second-order valence-electron chi connectivity index (χ2n) is 8.52. The topological polar surface area (TPSA) is 105 Å². The molecule has 1 atom stereocenters. The van der Waals surface area contributed by atoms with Crippen LogP contribution in [0, 0.1) is 6.92 Å². The SMILES string of the molecule is CCn1c(CN2C(=O)NC(C)(c3ccc(C)cc3)C2=O)nc2cc(S(=O)(=O)N(C)C)ccc21. The van der Waals surface area contributed by atoms with Crippen LogP contribution in [0.2, 0.25) is 0 Å². The van der Waals surface area contributed by atoms with E-state index in [2.05, 4.69) is 10.3 Å². The number of amides is 3. The maximum Gasteiger partial charge on any atom is 0.325 e. The molecule has 0 aliphatic carbocycles. The number of hydrogen-bond acceptors (Lipinski definition) is 5. The number of fused-ring (bicyclic) bond motifs is 1. The second-order valence-corrected chi connectivity index (χ2v) is 10.7. The second kappa shape index (κ2) is 7.96. The van der Waals surface area contributed by atoms with Gasteiger partial charge in [0.05, 0.1) is 22.5 Å². The molecule has 3 aromatic rings. The number of benzene rings is 2. The van der Waals surface area contributed by atoms with Crippen LogP contribution < -0.4 is 5.32 Å². The lowest BCUT2D eigenvalue weighted by Crippen LogP contribution is -2.40. The highest BCUT2D eigenvalue weighted by Gasteiger charge is 2.49. The number of aryl methyl sites for hydroxylation is 2. The van der Waals surface area contributed by atoms with Crippen molar-refractivity contribution in [1.82, 2.24) is 24.1 Å². The lowest BCUT2D eigenvalue weighted by Gasteiger charge is -2.22. The molecule has 9 nitrogen and oxygen atoms in total. The number of aromatic nitrogens is 2. The van der Waals surface area contributed by atoms with Gasteiger partial charge in [-0.25, -0.2) is 22.5 Å². The van der Waals surface area contributed by atoms with Gasteiger partial charge in [-0.1, -0.05) is 29.8 Å². The van der Waals surface area contributed by atoms with Crippen LogP contribution in [-0.4, -0.2) is 53.2 Å². The van der Waals surface area contributed by atoms with Gasteiger partial charge in [-0.3, -0.25) is 9.69 Å². The van der Waals surface area contributed by atoms with E-state index >= 15 is 0 Å². The number of carbonyl (C=O) groups excluding carboxylic acids is 2. The first-order valence-electron chi connectivity index (χ1n) is 10.6. The van der Waals surface area contributed by atoms with Gasteiger partial charge in [0, 0.05) is 20.6 Å². The molecule has 0 bridgehead atoms. The van der Waals surface area contributed by atoms with Gasteiger partial charge in [-0.15, -0.1) is 0 Å². The number of rotatable bonds is 6. The normalized spacial score (nSPS) is 19.0. The van der Waals surface area contributed by atoms with E-state index in [9.17, 15) is 18.0 Å². The van der Waals surface area contributed by atoms with Crippen molar-refractivity contribution in [1.29, 1.82) is 0 Å². The van der Waals surface area contributed by atoms with Crippen LogP contribution in [0.15, 0.2) is 47.4 Å². The maximum atomic E-state index is 13.3. The average Bonchev–Trinajstić information content (AvgIpc) is 3.23. The molecule has 4 rings (SSSR count). The summed E-state index contributed by atoms with van der Waals surface area (Å²) in [7, 11) is -0.671. The van der Waals surface area contributed by atoms with Crippen LogP contribution in [-0.2, 0) is 33.4 Å². The smallest absolute Gasteiger partial charge is 0.325 e. The number of hydrogen-bond donors (Lipinski definition) is 1. The third-order valence-corrected chi connectivity index (χ3v) is 7.91. The van der Waals surface area contributed by atoms with Gasteiger partial charge in [0.1, 0.15) is 11.4 Å². The fourth-order valence-electron chi connectivity index (χ4n) is 4.07.